The summed E-state index contributed by atoms with van der Waals surface area (Å²) >= 11 is 0. The molecule has 5 aromatic rings. The maximum Gasteiger partial charge on any atom is 0.302 e. The van der Waals surface area contributed by atoms with Crippen LogP contribution in [0.4, 0.5) is 11.6 Å². The van der Waals surface area contributed by atoms with Gasteiger partial charge in [-0.05, 0) is 54.4 Å². The molecule has 1 aliphatic heterocycles. The maximum absolute atomic E-state index is 13.6. The Morgan fingerprint density at radius 3 is 2.33 bits per heavy atom. The number of amides is 1. The minimum atomic E-state index is -0.865. The largest absolute Gasteiger partial charge is 0.507 e. The van der Waals surface area contributed by atoms with Gasteiger partial charge in [0.15, 0.2) is 0 Å². The molecule has 0 aliphatic carbocycles. The summed E-state index contributed by atoms with van der Waals surface area (Å²) in [5.41, 5.74) is 3.71. The second-order valence-electron chi connectivity index (χ2n) is 9.54. The highest BCUT2D eigenvalue weighted by Gasteiger charge is 2.48. The molecule has 1 unspecified atom stereocenters. The van der Waals surface area contributed by atoms with Gasteiger partial charge in [0, 0.05) is 24.3 Å². The summed E-state index contributed by atoms with van der Waals surface area (Å²) in [7, 11) is 0. The van der Waals surface area contributed by atoms with E-state index in [2.05, 4.69) is 28.7 Å². The number of hydrogen-bond acceptors (Lipinski definition) is 5. The second kappa shape index (κ2) is 9.76. The number of aromatic nitrogens is 2. The van der Waals surface area contributed by atoms with Gasteiger partial charge in [0.25, 0.3) is 5.78 Å². The fourth-order valence-corrected chi connectivity index (χ4v) is 5.45. The quantitative estimate of drug-likeness (QED) is 0.160. The first-order valence-corrected chi connectivity index (χ1v) is 13.1. The molecule has 0 spiro atoms. The van der Waals surface area contributed by atoms with Crippen LogP contribution < -0.4 is 9.80 Å². The molecule has 7 nitrogen and oxygen atoms in total. The van der Waals surface area contributed by atoms with Crippen LogP contribution in [0.25, 0.3) is 27.6 Å². The number of aliphatic hydroxyl groups is 1. The van der Waals surface area contributed by atoms with Crippen LogP contribution in [0.2, 0.25) is 0 Å². The van der Waals surface area contributed by atoms with Crippen molar-refractivity contribution in [3.8, 4) is 0 Å². The number of ketones is 1. The van der Waals surface area contributed by atoms with Gasteiger partial charge in [0.1, 0.15) is 5.76 Å². The zero-order valence-corrected chi connectivity index (χ0v) is 21.8. The Balaban J connectivity index is 1.57. The van der Waals surface area contributed by atoms with E-state index in [0.29, 0.717) is 16.6 Å². The Hall–Kier alpha value is -4.91. The molecule has 1 fully saturated rings. The summed E-state index contributed by atoms with van der Waals surface area (Å²) in [6.45, 7) is 5.90. The highest BCUT2D eigenvalue weighted by molar-refractivity contribution is 6.51. The molecule has 39 heavy (non-hydrogen) atoms. The van der Waals surface area contributed by atoms with Gasteiger partial charge in [-0.1, -0.05) is 66.7 Å². The second-order valence-corrected chi connectivity index (χ2v) is 9.54. The van der Waals surface area contributed by atoms with Crippen molar-refractivity contribution in [1.82, 2.24) is 9.97 Å². The van der Waals surface area contributed by atoms with Gasteiger partial charge in [-0.15, -0.1) is 0 Å². The number of nitrogens with one attached hydrogen (secondary N) is 1. The van der Waals surface area contributed by atoms with E-state index in [9.17, 15) is 14.7 Å². The number of carbonyl (C=O) groups excluding carboxylic acids is 2. The number of imidazole rings is 1. The minimum absolute atomic E-state index is 0.0346. The summed E-state index contributed by atoms with van der Waals surface area (Å²) in [6, 6.07) is 27.6. The summed E-state index contributed by atoms with van der Waals surface area (Å²) in [4.78, 5) is 38.7. The number of Topliss-reactive ketones (excluding diaryl/α,β-unsaturated/α-hetero) is 1. The van der Waals surface area contributed by atoms with Gasteiger partial charge >= 0.3 is 5.91 Å². The number of benzene rings is 4. The summed E-state index contributed by atoms with van der Waals surface area (Å²) in [5.74, 6) is -1.44. The molecule has 0 saturated carbocycles. The number of aliphatic hydroxyl groups excluding tert-OH is 1. The van der Waals surface area contributed by atoms with Gasteiger partial charge < -0.3 is 15.0 Å². The fourth-order valence-electron chi connectivity index (χ4n) is 5.45. The van der Waals surface area contributed by atoms with Gasteiger partial charge in [0.05, 0.1) is 22.6 Å². The Kier molecular flexibility index (Phi) is 6.11. The SMILES string of the molecule is CCN(CC)c1ccc(C2/C(=C(\O)c3cccc4ccccc34)C(=O)C(=O)N2c2nc3ccccc3[nH]2)cc1. The Morgan fingerprint density at radius 2 is 1.59 bits per heavy atom. The molecule has 1 aromatic heterocycles. The lowest BCUT2D eigenvalue weighted by molar-refractivity contribution is -0.132. The van der Waals surface area contributed by atoms with Crippen molar-refractivity contribution < 1.29 is 14.7 Å². The fraction of sp³-hybridized carbons (Fsp3) is 0.156. The highest BCUT2D eigenvalue weighted by atomic mass is 16.3. The van der Waals surface area contributed by atoms with Crippen LogP contribution in [0.1, 0.15) is 31.0 Å². The van der Waals surface area contributed by atoms with Gasteiger partial charge in [0.2, 0.25) is 5.95 Å². The molecule has 1 atom stereocenters. The molecule has 7 heteroatoms. The van der Waals surface area contributed by atoms with E-state index >= 15 is 0 Å². The van der Waals surface area contributed by atoms with Crippen molar-refractivity contribution in [2.24, 2.45) is 0 Å². The molecule has 0 bridgehead atoms. The summed E-state index contributed by atoms with van der Waals surface area (Å²) in [5, 5.41) is 13.4. The van der Waals surface area contributed by atoms with Crippen LogP contribution in [-0.2, 0) is 9.59 Å². The van der Waals surface area contributed by atoms with E-state index in [0.717, 1.165) is 35.1 Å². The molecule has 1 aliphatic rings. The van der Waals surface area contributed by atoms with Crippen molar-refractivity contribution in [3.63, 3.8) is 0 Å². The van der Waals surface area contributed by atoms with E-state index < -0.39 is 17.7 Å². The maximum atomic E-state index is 13.6. The number of carbonyl (C=O) groups is 2. The van der Waals surface area contributed by atoms with E-state index in [4.69, 9.17) is 0 Å². The van der Waals surface area contributed by atoms with Crippen LogP contribution >= 0.6 is 0 Å². The smallest absolute Gasteiger partial charge is 0.302 e. The van der Waals surface area contributed by atoms with Crippen molar-refractivity contribution in [3.05, 3.63) is 108 Å². The first-order valence-electron chi connectivity index (χ1n) is 13.1. The summed E-state index contributed by atoms with van der Waals surface area (Å²) < 4.78 is 0. The highest BCUT2D eigenvalue weighted by Crippen LogP contribution is 2.43. The Labute approximate surface area is 226 Å². The average Bonchev–Trinajstić information content (AvgIpc) is 3.51. The molecule has 0 radical (unpaired) electrons. The zero-order chi connectivity index (χ0) is 27.1. The molecule has 1 amide bonds. The van der Waals surface area contributed by atoms with Crippen LogP contribution in [0.5, 0.6) is 0 Å². The Morgan fingerprint density at radius 1 is 0.897 bits per heavy atom. The third kappa shape index (κ3) is 4.03. The normalized spacial score (nSPS) is 16.9. The van der Waals surface area contributed by atoms with Gasteiger partial charge in [-0.25, -0.2) is 4.98 Å². The number of nitrogens with zero attached hydrogens (tertiary/aromatic N) is 3. The van der Waals surface area contributed by atoms with E-state index in [1.165, 1.54) is 4.90 Å². The van der Waals surface area contributed by atoms with Crippen LogP contribution in [0.15, 0.2) is 96.6 Å². The number of aromatic amines is 1. The number of fused-ring (bicyclic) bond motifs is 2. The molecule has 6 rings (SSSR count). The van der Waals surface area contributed by atoms with Crippen LogP contribution in [0, 0.1) is 0 Å². The van der Waals surface area contributed by atoms with Crippen LogP contribution in [0.3, 0.4) is 0 Å². The standard InChI is InChI=1S/C32H28N4O3/c1-3-35(4-2)22-18-16-21(17-19-22)28-27(29(37)24-13-9-11-20-10-5-6-12-23(20)24)30(38)31(39)36(28)32-33-25-14-7-8-15-26(25)34-32/h5-19,28,37H,3-4H2,1-2H3,(H,33,34)/b29-27+. The number of anilines is 2. The van der Waals surface area contributed by atoms with Gasteiger partial charge in [-0.3, -0.25) is 14.5 Å². The number of hydrogen-bond donors (Lipinski definition) is 2. The number of H-pyrrole nitrogens is 1. The van der Waals surface area contributed by atoms with E-state index in [1.807, 2.05) is 84.9 Å². The van der Waals surface area contributed by atoms with E-state index in [-0.39, 0.29) is 17.3 Å². The van der Waals surface area contributed by atoms with Crippen molar-refractivity contribution in [2.75, 3.05) is 22.9 Å². The monoisotopic (exact) mass is 516 g/mol. The minimum Gasteiger partial charge on any atom is -0.507 e. The predicted octanol–water partition coefficient (Wildman–Crippen LogP) is 6.19. The Bertz CT molecular complexity index is 1710. The third-order valence-electron chi connectivity index (χ3n) is 7.43. The molecule has 194 valence electrons. The topological polar surface area (TPSA) is 89.5 Å². The molecule has 2 N–H and O–H groups in total. The van der Waals surface area contributed by atoms with Crippen LogP contribution in [-0.4, -0.2) is 39.9 Å². The van der Waals surface area contributed by atoms with Crippen molar-refractivity contribution >= 4 is 50.9 Å². The van der Waals surface area contributed by atoms with Gasteiger partial charge in [-0.2, -0.15) is 0 Å². The first kappa shape index (κ1) is 24.4. The molecule has 1 saturated heterocycles. The average molecular weight is 517 g/mol. The lowest BCUT2D eigenvalue weighted by Gasteiger charge is -2.25. The molecular formula is C32H28N4O3. The zero-order valence-electron chi connectivity index (χ0n) is 21.8. The number of rotatable bonds is 6. The summed E-state index contributed by atoms with van der Waals surface area (Å²) in [6.07, 6.45) is 0. The number of para-hydroxylation sites is 2. The van der Waals surface area contributed by atoms with E-state index in [1.54, 1.807) is 6.07 Å². The predicted molar refractivity (Wildman–Crippen MR) is 155 cm³/mol. The lowest BCUT2D eigenvalue weighted by atomic mass is 9.93. The van der Waals surface area contributed by atoms with Crippen molar-refractivity contribution in [2.45, 2.75) is 19.9 Å². The third-order valence-corrected chi connectivity index (χ3v) is 7.43. The molecule has 2 heterocycles. The first-order chi connectivity index (χ1) is 19.0. The van der Waals surface area contributed by atoms with Crippen molar-refractivity contribution in [1.29, 1.82) is 0 Å². The molecule has 4 aromatic carbocycles. The lowest BCUT2D eigenvalue weighted by Crippen LogP contribution is -2.30. The molecular weight excluding hydrogens is 488 g/mol.